The van der Waals surface area contributed by atoms with Crippen LogP contribution in [0.4, 0.5) is 0 Å². The molecule has 3 nitrogen and oxygen atoms in total. The van der Waals surface area contributed by atoms with Gasteiger partial charge < -0.3 is 9.53 Å². The van der Waals surface area contributed by atoms with Crippen LogP contribution in [0.25, 0.3) is 0 Å². The third-order valence-corrected chi connectivity index (χ3v) is 2.52. The van der Waals surface area contributed by atoms with Gasteiger partial charge in [0.25, 0.3) is 0 Å². The molecule has 0 aliphatic rings. The highest BCUT2D eigenvalue weighted by Crippen LogP contribution is 2.13. The predicted octanol–water partition coefficient (Wildman–Crippen LogP) is 3.26. The van der Waals surface area contributed by atoms with E-state index in [2.05, 4.69) is 6.92 Å². The van der Waals surface area contributed by atoms with Gasteiger partial charge in [-0.2, -0.15) is 0 Å². The van der Waals surface area contributed by atoms with E-state index >= 15 is 0 Å². The van der Waals surface area contributed by atoms with Gasteiger partial charge in [-0.3, -0.25) is 4.79 Å². The van der Waals surface area contributed by atoms with Crippen LogP contribution >= 0.6 is 0 Å². The van der Waals surface area contributed by atoms with Crippen LogP contribution in [0.3, 0.4) is 0 Å². The molecule has 0 aromatic rings. The zero-order valence-corrected chi connectivity index (χ0v) is 10.8. The number of ketones is 1. The molecular formula is C13H24O3. The van der Waals surface area contributed by atoms with Crippen LogP contribution < -0.4 is 0 Å². The first-order chi connectivity index (χ1) is 7.56. The van der Waals surface area contributed by atoms with E-state index in [0.717, 1.165) is 38.5 Å². The molecule has 0 spiro atoms. The van der Waals surface area contributed by atoms with E-state index in [1.54, 1.807) is 6.92 Å². The lowest BCUT2D eigenvalue weighted by Gasteiger charge is -2.16. The number of unbranched alkanes of at least 4 members (excludes halogenated alkanes) is 2. The molecule has 0 bridgehead atoms. The minimum atomic E-state index is -0.201. The van der Waals surface area contributed by atoms with Crippen LogP contribution in [0.2, 0.25) is 0 Å². The van der Waals surface area contributed by atoms with E-state index in [0.29, 0.717) is 6.42 Å². The summed E-state index contributed by atoms with van der Waals surface area (Å²) >= 11 is 0. The zero-order valence-electron chi connectivity index (χ0n) is 10.8. The lowest BCUT2D eigenvalue weighted by atomic mass is 10.0. The average Bonchev–Trinajstić information content (AvgIpc) is 2.19. The van der Waals surface area contributed by atoms with Crippen LogP contribution in [0, 0.1) is 0 Å². The predicted molar refractivity (Wildman–Crippen MR) is 64.2 cm³/mol. The Morgan fingerprint density at radius 1 is 1.06 bits per heavy atom. The fraction of sp³-hybridized carbons (Fsp3) is 0.846. The van der Waals surface area contributed by atoms with E-state index in [1.807, 2.05) is 0 Å². The summed E-state index contributed by atoms with van der Waals surface area (Å²) in [4.78, 5) is 21.6. The minimum absolute atomic E-state index is 0.0457. The number of hydrogen-bond donors (Lipinski definition) is 0. The molecule has 0 saturated heterocycles. The van der Waals surface area contributed by atoms with Crippen LogP contribution in [0.15, 0.2) is 0 Å². The normalized spacial score (nSPS) is 12.2. The van der Waals surface area contributed by atoms with Gasteiger partial charge in [-0.1, -0.05) is 19.8 Å². The first-order valence-electron chi connectivity index (χ1n) is 6.23. The SMILES string of the molecule is CCCCC(CCCCC(C)=O)OC(C)=O. The third-order valence-electron chi connectivity index (χ3n) is 2.52. The second kappa shape index (κ2) is 9.37. The lowest BCUT2D eigenvalue weighted by Crippen LogP contribution is -2.16. The van der Waals surface area contributed by atoms with E-state index in [-0.39, 0.29) is 17.9 Å². The number of Topliss-reactive ketones (excluding diaryl/α,β-unsaturated/α-hetero) is 1. The Balaban J connectivity index is 3.72. The Hall–Kier alpha value is -0.860. The molecule has 1 unspecified atom stereocenters. The highest BCUT2D eigenvalue weighted by Gasteiger charge is 2.11. The Morgan fingerprint density at radius 2 is 1.69 bits per heavy atom. The van der Waals surface area contributed by atoms with E-state index in [4.69, 9.17) is 4.74 Å². The van der Waals surface area contributed by atoms with Gasteiger partial charge in [0.05, 0.1) is 0 Å². The van der Waals surface area contributed by atoms with Gasteiger partial charge in [-0.15, -0.1) is 0 Å². The average molecular weight is 228 g/mol. The summed E-state index contributed by atoms with van der Waals surface area (Å²) in [5, 5.41) is 0. The number of rotatable bonds is 9. The molecule has 3 heteroatoms. The van der Waals surface area contributed by atoms with Crippen LogP contribution in [-0.2, 0) is 14.3 Å². The Kier molecular flexibility index (Phi) is 8.87. The van der Waals surface area contributed by atoms with Gasteiger partial charge in [-0.05, 0) is 32.6 Å². The van der Waals surface area contributed by atoms with Crippen molar-refractivity contribution in [1.82, 2.24) is 0 Å². The van der Waals surface area contributed by atoms with E-state index in [1.165, 1.54) is 6.92 Å². The van der Waals surface area contributed by atoms with Crippen molar-refractivity contribution in [3.8, 4) is 0 Å². The van der Waals surface area contributed by atoms with Gasteiger partial charge in [-0.25, -0.2) is 0 Å². The number of ether oxygens (including phenoxy) is 1. The number of esters is 1. The van der Waals surface area contributed by atoms with Crippen LogP contribution in [0.1, 0.15) is 65.7 Å². The third kappa shape index (κ3) is 9.69. The highest BCUT2D eigenvalue weighted by atomic mass is 16.5. The van der Waals surface area contributed by atoms with Crippen molar-refractivity contribution in [1.29, 1.82) is 0 Å². The Labute approximate surface area is 98.6 Å². The fourth-order valence-corrected chi connectivity index (χ4v) is 1.67. The molecule has 0 saturated carbocycles. The van der Waals surface area contributed by atoms with Crippen molar-refractivity contribution in [2.24, 2.45) is 0 Å². The Morgan fingerprint density at radius 3 is 2.19 bits per heavy atom. The topological polar surface area (TPSA) is 43.4 Å². The number of carbonyl (C=O) groups excluding carboxylic acids is 2. The lowest BCUT2D eigenvalue weighted by molar-refractivity contribution is -0.147. The summed E-state index contributed by atoms with van der Waals surface area (Å²) < 4.78 is 5.24. The maximum atomic E-state index is 10.9. The zero-order chi connectivity index (χ0) is 12.4. The molecule has 94 valence electrons. The van der Waals surface area contributed by atoms with Gasteiger partial charge in [0.2, 0.25) is 0 Å². The minimum Gasteiger partial charge on any atom is -0.463 e. The largest absolute Gasteiger partial charge is 0.463 e. The van der Waals surface area contributed by atoms with Crippen molar-refractivity contribution in [3.05, 3.63) is 0 Å². The molecule has 1 atom stereocenters. The van der Waals surface area contributed by atoms with Crippen molar-refractivity contribution in [2.45, 2.75) is 71.8 Å². The molecule has 0 amide bonds. The first kappa shape index (κ1) is 15.1. The maximum Gasteiger partial charge on any atom is 0.302 e. The van der Waals surface area contributed by atoms with Crippen molar-refractivity contribution < 1.29 is 14.3 Å². The van der Waals surface area contributed by atoms with Crippen molar-refractivity contribution in [2.75, 3.05) is 0 Å². The van der Waals surface area contributed by atoms with Crippen LogP contribution in [-0.4, -0.2) is 17.9 Å². The first-order valence-corrected chi connectivity index (χ1v) is 6.23. The summed E-state index contributed by atoms with van der Waals surface area (Å²) in [6.45, 7) is 5.19. The van der Waals surface area contributed by atoms with Gasteiger partial charge in [0.1, 0.15) is 11.9 Å². The van der Waals surface area contributed by atoms with Crippen molar-refractivity contribution >= 4 is 11.8 Å². The summed E-state index contributed by atoms with van der Waals surface area (Å²) in [6, 6.07) is 0. The molecule has 0 radical (unpaired) electrons. The summed E-state index contributed by atoms with van der Waals surface area (Å²) in [6.07, 6.45) is 6.57. The smallest absolute Gasteiger partial charge is 0.302 e. The van der Waals surface area contributed by atoms with E-state index < -0.39 is 0 Å². The molecule has 0 aromatic carbocycles. The summed E-state index contributed by atoms with van der Waals surface area (Å²) in [7, 11) is 0. The number of hydrogen-bond acceptors (Lipinski definition) is 3. The van der Waals surface area contributed by atoms with Gasteiger partial charge in [0.15, 0.2) is 0 Å². The highest BCUT2D eigenvalue weighted by molar-refractivity contribution is 5.75. The standard InChI is InChI=1S/C13H24O3/c1-4-5-9-13(16-12(3)15)10-7-6-8-11(2)14/h13H,4-10H2,1-3H3. The fourth-order valence-electron chi connectivity index (χ4n) is 1.67. The molecule has 0 fully saturated rings. The second-order valence-electron chi connectivity index (χ2n) is 4.32. The quantitative estimate of drug-likeness (QED) is 0.449. The molecule has 0 aromatic heterocycles. The molecular weight excluding hydrogens is 204 g/mol. The Bertz CT molecular complexity index is 211. The molecule has 16 heavy (non-hydrogen) atoms. The van der Waals surface area contributed by atoms with Crippen molar-refractivity contribution in [3.63, 3.8) is 0 Å². The molecule has 0 rings (SSSR count). The maximum absolute atomic E-state index is 10.9. The number of carbonyl (C=O) groups is 2. The molecule has 0 heterocycles. The van der Waals surface area contributed by atoms with Gasteiger partial charge in [0, 0.05) is 13.3 Å². The monoisotopic (exact) mass is 228 g/mol. The molecule has 0 N–H and O–H groups in total. The molecule has 0 aliphatic carbocycles. The van der Waals surface area contributed by atoms with Gasteiger partial charge >= 0.3 is 5.97 Å². The summed E-state index contributed by atoms with van der Waals surface area (Å²) in [5.74, 6) is 0.0327. The summed E-state index contributed by atoms with van der Waals surface area (Å²) in [5.41, 5.74) is 0. The second-order valence-corrected chi connectivity index (χ2v) is 4.32. The molecule has 0 aliphatic heterocycles. The van der Waals surface area contributed by atoms with Crippen LogP contribution in [0.5, 0.6) is 0 Å². The van der Waals surface area contributed by atoms with E-state index in [9.17, 15) is 9.59 Å².